The minimum absolute atomic E-state index is 0.0149. The van der Waals surface area contributed by atoms with Gasteiger partial charge in [0.1, 0.15) is 11.5 Å². The summed E-state index contributed by atoms with van der Waals surface area (Å²) in [7, 11) is 0. The molecule has 4 rings (SSSR count). The van der Waals surface area contributed by atoms with Gasteiger partial charge in [0.2, 0.25) is 0 Å². The van der Waals surface area contributed by atoms with Gasteiger partial charge in [0.05, 0.1) is 16.2 Å². The molecule has 0 saturated carbocycles. The van der Waals surface area contributed by atoms with E-state index >= 15 is 0 Å². The number of nitrogens with zero attached hydrogens (tertiary/aromatic N) is 3. The number of aromatic nitrogens is 2. The number of benzene rings is 2. The van der Waals surface area contributed by atoms with Crippen LogP contribution < -0.4 is 16.4 Å². The lowest BCUT2D eigenvalue weighted by Gasteiger charge is -2.22. The first-order chi connectivity index (χ1) is 13.0. The molecule has 0 bridgehead atoms. The van der Waals surface area contributed by atoms with Crippen LogP contribution in [0.15, 0.2) is 48.7 Å². The van der Waals surface area contributed by atoms with Crippen molar-refractivity contribution in [3.63, 3.8) is 0 Å². The maximum Gasteiger partial charge on any atom is 0.152 e. The molecule has 138 valence electrons. The van der Waals surface area contributed by atoms with Crippen LogP contribution in [0, 0.1) is 0 Å². The zero-order valence-electron chi connectivity index (χ0n) is 14.6. The third kappa shape index (κ3) is 3.46. The van der Waals surface area contributed by atoms with Gasteiger partial charge in [-0.3, -0.25) is 0 Å². The first-order valence-corrected chi connectivity index (χ1v) is 9.45. The average molecular weight is 400 g/mol. The SMILES string of the molecule is Nc1nc(N2CCC(N)c3ccccc3C2)cnc1-c1cccc(Cl)c1Cl. The largest absolute Gasteiger partial charge is 0.382 e. The van der Waals surface area contributed by atoms with Gasteiger partial charge in [0.15, 0.2) is 5.82 Å². The summed E-state index contributed by atoms with van der Waals surface area (Å²) in [6.07, 6.45) is 2.56. The fraction of sp³-hybridized carbons (Fsp3) is 0.200. The maximum atomic E-state index is 6.33. The molecule has 3 aromatic rings. The Hall–Kier alpha value is -2.34. The van der Waals surface area contributed by atoms with Crippen LogP contribution in [0.2, 0.25) is 10.0 Å². The molecular formula is C20H19Cl2N5. The molecule has 27 heavy (non-hydrogen) atoms. The number of halogens is 2. The fourth-order valence-corrected chi connectivity index (χ4v) is 3.80. The Kier molecular flexibility index (Phi) is 4.91. The third-order valence-electron chi connectivity index (χ3n) is 4.84. The lowest BCUT2D eigenvalue weighted by molar-refractivity contribution is 0.651. The van der Waals surface area contributed by atoms with Crippen molar-refractivity contribution in [1.82, 2.24) is 9.97 Å². The second-order valence-corrected chi connectivity index (χ2v) is 7.36. The molecule has 0 aliphatic carbocycles. The van der Waals surface area contributed by atoms with Crippen LogP contribution in [-0.4, -0.2) is 16.5 Å². The Labute approximate surface area is 167 Å². The van der Waals surface area contributed by atoms with E-state index in [1.54, 1.807) is 12.3 Å². The van der Waals surface area contributed by atoms with Crippen LogP contribution >= 0.6 is 23.2 Å². The van der Waals surface area contributed by atoms with Gasteiger partial charge in [0.25, 0.3) is 0 Å². The number of nitrogens with two attached hydrogens (primary N) is 2. The van der Waals surface area contributed by atoms with Crippen molar-refractivity contribution in [3.05, 3.63) is 69.8 Å². The first-order valence-electron chi connectivity index (χ1n) is 8.70. The van der Waals surface area contributed by atoms with Crippen LogP contribution in [0.3, 0.4) is 0 Å². The van der Waals surface area contributed by atoms with E-state index in [1.165, 1.54) is 11.1 Å². The van der Waals surface area contributed by atoms with Crippen molar-refractivity contribution in [3.8, 4) is 11.3 Å². The maximum absolute atomic E-state index is 6.33. The van der Waals surface area contributed by atoms with E-state index in [4.69, 9.17) is 34.7 Å². The molecule has 0 radical (unpaired) electrons. The highest BCUT2D eigenvalue weighted by atomic mass is 35.5. The minimum Gasteiger partial charge on any atom is -0.382 e. The van der Waals surface area contributed by atoms with Crippen molar-refractivity contribution in [2.45, 2.75) is 19.0 Å². The summed E-state index contributed by atoms with van der Waals surface area (Å²) in [5, 5.41) is 0.875. The Morgan fingerprint density at radius 2 is 1.89 bits per heavy atom. The van der Waals surface area contributed by atoms with Crippen molar-refractivity contribution in [2.75, 3.05) is 17.2 Å². The fourth-order valence-electron chi connectivity index (χ4n) is 3.41. The van der Waals surface area contributed by atoms with E-state index in [0.29, 0.717) is 27.1 Å². The molecule has 2 aromatic carbocycles. The van der Waals surface area contributed by atoms with Gasteiger partial charge in [-0.05, 0) is 23.6 Å². The number of rotatable bonds is 2. The summed E-state index contributed by atoms with van der Waals surface area (Å²) in [6.45, 7) is 1.50. The highest BCUT2D eigenvalue weighted by molar-refractivity contribution is 6.43. The van der Waals surface area contributed by atoms with E-state index in [1.807, 2.05) is 24.3 Å². The topological polar surface area (TPSA) is 81.1 Å². The van der Waals surface area contributed by atoms with Gasteiger partial charge in [-0.1, -0.05) is 59.6 Å². The zero-order chi connectivity index (χ0) is 19.0. The molecule has 1 atom stereocenters. The van der Waals surface area contributed by atoms with Crippen LogP contribution in [0.5, 0.6) is 0 Å². The van der Waals surface area contributed by atoms with Gasteiger partial charge in [-0.25, -0.2) is 9.97 Å². The molecule has 7 heteroatoms. The Balaban J connectivity index is 1.68. The highest BCUT2D eigenvalue weighted by Crippen LogP contribution is 2.35. The molecule has 4 N–H and O–H groups in total. The van der Waals surface area contributed by atoms with E-state index < -0.39 is 0 Å². The Bertz CT molecular complexity index is 992. The number of fused-ring (bicyclic) bond motifs is 1. The van der Waals surface area contributed by atoms with Crippen LogP contribution in [0.1, 0.15) is 23.6 Å². The second kappa shape index (κ2) is 7.35. The Morgan fingerprint density at radius 1 is 1.07 bits per heavy atom. The van der Waals surface area contributed by atoms with Crippen LogP contribution in [0.25, 0.3) is 11.3 Å². The van der Waals surface area contributed by atoms with E-state index in [0.717, 1.165) is 25.3 Å². The molecule has 0 fully saturated rings. The molecule has 5 nitrogen and oxygen atoms in total. The van der Waals surface area contributed by atoms with E-state index in [2.05, 4.69) is 27.0 Å². The standard InChI is InChI=1S/C20H19Cl2N5/c21-15-7-3-6-14(18(15)22)19-20(24)26-17(10-25-19)27-9-8-16(23)13-5-2-1-4-12(13)11-27/h1-7,10,16H,8-9,11,23H2,(H2,24,26). The van der Waals surface area contributed by atoms with Gasteiger partial charge >= 0.3 is 0 Å². The molecule has 0 saturated heterocycles. The minimum atomic E-state index is 0.0149. The quantitative estimate of drug-likeness (QED) is 0.665. The highest BCUT2D eigenvalue weighted by Gasteiger charge is 2.21. The molecular weight excluding hydrogens is 381 g/mol. The van der Waals surface area contributed by atoms with Gasteiger partial charge in [-0.2, -0.15) is 0 Å². The molecule has 1 aromatic heterocycles. The second-order valence-electron chi connectivity index (χ2n) is 6.58. The van der Waals surface area contributed by atoms with Crippen molar-refractivity contribution < 1.29 is 0 Å². The summed E-state index contributed by atoms with van der Waals surface area (Å²) in [6, 6.07) is 13.6. The van der Waals surface area contributed by atoms with E-state index in [9.17, 15) is 0 Å². The lowest BCUT2D eigenvalue weighted by Crippen LogP contribution is -2.25. The average Bonchev–Trinajstić information content (AvgIpc) is 2.84. The molecule has 0 spiro atoms. The van der Waals surface area contributed by atoms with Gasteiger partial charge < -0.3 is 16.4 Å². The monoisotopic (exact) mass is 399 g/mol. The van der Waals surface area contributed by atoms with Crippen LogP contribution in [0.4, 0.5) is 11.6 Å². The number of anilines is 2. The van der Waals surface area contributed by atoms with Crippen LogP contribution in [-0.2, 0) is 6.54 Å². The zero-order valence-corrected chi connectivity index (χ0v) is 16.1. The van der Waals surface area contributed by atoms with E-state index in [-0.39, 0.29) is 6.04 Å². The predicted octanol–water partition coefficient (Wildman–Crippen LogP) is 4.44. The summed E-state index contributed by atoms with van der Waals surface area (Å²) in [5.74, 6) is 1.04. The van der Waals surface area contributed by atoms with Gasteiger partial charge in [0, 0.05) is 24.7 Å². The molecule has 1 unspecified atom stereocenters. The first kappa shape index (κ1) is 18.0. The summed E-state index contributed by atoms with van der Waals surface area (Å²) < 4.78 is 0. The number of hydrogen-bond donors (Lipinski definition) is 2. The number of hydrogen-bond acceptors (Lipinski definition) is 5. The van der Waals surface area contributed by atoms with Crippen molar-refractivity contribution in [2.24, 2.45) is 5.73 Å². The third-order valence-corrected chi connectivity index (χ3v) is 5.66. The molecule has 1 aliphatic rings. The molecule has 2 heterocycles. The normalized spacial score (nSPS) is 16.7. The number of nitrogen functional groups attached to an aromatic ring is 1. The summed E-state index contributed by atoms with van der Waals surface area (Å²) in [4.78, 5) is 11.3. The summed E-state index contributed by atoms with van der Waals surface area (Å²) in [5.41, 5.74) is 16.1. The lowest BCUT2D eigenvalue weighted by atomic mass is 10.0. The van der Waals surface area contributed by atoms with Crippen molar-refractivity contribution in [1.29, 1.82) is 0 Å². The van der Waals surface area contributed by atoms with Gasteiger partial charge in [-0.15, -0.1) is 0 Å². The molecule has 0 amide bonds. The summed E-state index contributed by atoms with van der Waals surface area (Å²) >= 11 is 12.4. The smallest absolute Gasteiger partial charge is 0.152 e. The van der Waals surface area contributed by atoms with Crippen molar-refractivity contribution >= 4 is 34.8 Å². The molecule has 1 aliphatic heterocycles. The predicted molar refractivity (Wildman–Crippen MR) is 111 cm³/mol. The Morgan fingerprint density at radius 3 is 2.70 bits per heavy atom.